The number of hydrogen-bond acceptors (Lipinski definition) is 3. The third kappa shape index (κ3) is 2.70. The first-order valence-corrected chi connectivity index (χ1v) is 6.55. The molecule has 1 aliphatic rings. The maximum Gasteiger partial charge on any atom is 0.274 e. The largest absolute Gasteiger partial charge is 0.309 e. The zero-order valence-electron chi connectivity index (χ0n) is 11.0. The summed E-state index contributed by atoms with van der Waals surface area (Å²) in [5.74, 6) is 0. The second-order valence-electron chi connectivity index (χ2n) is 5.27. The lowest BCUT2D eigenvalue weighted by atomic mass is 10.0. The van der Waals surface area contributed by atoms with Crippen LogP contribution in [0.25, 0.3) is 0 Å². The van der Waals surface area contributed by atoms with Crippen LogP contribution in [-0.4, -0.2) is 11.5 Å². The van der Waals surface area contributed by atoms with Crippen LogP contribution < -0.4 is 5.32 Å². The van der Waals surface area contributed by atoms with Gasteiger partial charge in [0, 0.05) is 24.2 Å². The Bertz CT molecular complexity index is 441. The molecule has 0 spiro atoms. The Hall–Kier alpha value is -1.42. The van der Waals surface area contributed by atoms with E-state index in [4.69, 9.17) is 0 Å². The van der Waals surface area contributed by atoms with Crippen LogP contribution in [0.3, 0.4) is 0 Å². The zero-order valence-corrected chi connectivity index (χ0v) is 11.0. The molecule has 1 fully saturated rings. The Kier molecular flexibility index (Phi) is 3.66. The van der Waals surface area contributed by atoms with Crippen molar-refractivity contribution in [3.63, 3.8) is 0 Å². The Morgan fingerprint density at radius 3 is 2.67 bits per heavy atom. The van der Waals surface area contributed by atoms with Crippen molar-refractivity contribution in [2.75, 3.05) is 6.54 Å². The second kappa shape index (κ2) is 5.06. The van der Waals surface area contributed by atoms with Crippen molar-refractivity contribution in [1.29, 1.82) is 0 Å². The first kappa shape index (κ1) is 13.0. The molecule has 1 aromatic rings. The number of nitro groups is 1. The van der Waals surface area contributed by atoms with Gasteiger partial charge in [-0.2, -0.15) is 0 Å². The van der Waals surface area contributed by atoms with Crippen LogP contribution in [0.1, 0.15) is 44.7 Å². The highest BCUT2D eigenvalue weighted by molar-refractivity contribution is 5.41. The summed E-state index contributed by atoms with van der Waals surface area (Å²) in [6.45, 7) is 5.16. The molecule has 0 bridgehead atoms. The van der Waals surface area contributed by atoms with E-state index >= 15 is 0 Å². The number of nitrogens with zero attached hydrogens (tertiary/aromatic N) is 1. The monoisotopic (exact) mass is 248 g/mol. The normalized spacial score (nSPS) is 18.3. The quantitative estimate of drug-likeness (QED) is 0.619. The van der Waals surface area contributed by atoms with Crippen molar-refractivity contribution in [3.8, 4) is 0 Å². The molecule has 0 aliphatic heterocycles. The van der Waals surface area contributed by atoms with Gasteiger partial charge in [0.25, 0.3) is 5.69 Å². The van der Waals surface area contributed by atoms with Crippen LogP contribution in [-0.2, 0) is 0 Å². The molecular formula is C14H20N2O2. The van der Waals surface area contributed by atoms with E-state index in [1.54, 1.807) is 12.1 Å². The fourth-order valence-electron chi connectivity index (χ4n) is 2.33. The fraction of sp³-hybridized carbons (Fsp3) is 0.571. The van der Waals surface area contributed by atoms with Crippen LogP contribution in [0.2, 0.25) is 0 Å². The molecule has 4 heteroatoms. The third-order valence-electron chi connectivity index (χ3n) is 4.09. The van der Waals surface area contributed by atoms with Crippen molar-refractivity contribution in [2.24, 2.45) is 5.41 Å². The van der Waals surface area contributed by atoms with E-state index in [1.165, 1.54) is 19.3 Å². The summed E-state index contributed by atoms with van der Waals surface area (Å²) in [7, 11) is 0. The first-order valence-electron chi connectivity index (χ1n) is 6.55. The number of rotatable bonds is 6. The first-order chi connectivity index (χ1) is 8.58. The summed E-state index contributed by atoms with van der Waals surface area (Å²) in [4.78, 5) is 10.7. The topological polar surface area (TPSA) is 55.2 Å². The lowest BCUT2D eigenvalue weighted by Gasteiger charge is -2.19. The molecule has 0 aromatic heterocycles. The smallest absolute Gasteiger partial charge is 0.274 e. The summed E-state index contributed by atoms with van der Waals surface area (Å²) in [6.07, 6.45) is 3.74. The number of nitro benzene ring substituents is 1. The minimum atomic E-state index is -0.305. The maximum atomic E-state index is 11.0. The molecule has 1 aromatic carbocycles. The van der Waals surface area contributed by atoms with Crippen LogP contribution in [0.15, 0.2) is 24.3 Å². The van der Waals surface area contributed by atoms with Gasteiger partial charge >= 0.3 is 0 Å². The molecule has 0 heterocycles. The van der Waals surface area contributed by atoms with Gasteiger partial charge in [0.1, 0.15) is 0 Å². The van der Waals surface area contributed by atoms with Crippen molar-refractivity contribution in [1.82, 2.24) is 5.32 Å². The average Bonchev–Trinajstić information content (AvgIpc) is 3.16. The van der Waals surface area contributed by atoms with Gasteiger partial charge in [-0.3, -0.25) is 10.1 Å². The minimum absolute atomic E-state index is 0.0237. The molecule has 0 amide bonds. The molecule has 1 N–H and O–H groups in total. The fourth-order valence-corrected chi connectivity index (χ4v) is 2.33. The van der Waals surface area contributed by atoms with Crippen molar-refractivity contribution in [2.45, 2.75) is 39.2 Å². The molecule has 0 radical (unpaired) electrons. The van der Waals surface area contributed by atoms with E-state index < -0.39 is 0 Å². The van der Waals surface area contributed by atoms with E-state index in [0.29, 0.717) is 5.41 Å². The third-order valence-corrected chi connectivity index (χ3v) is 4.09. The van der Waals surface area contributed by atoms with Gasteiger partial charge in [0.05, 0.1) is 4.92 Å². The van der Waals surface area contributed by atoms with Crippen LogP contribution in [0.5, 0.6) is 0 Å². The summed E-state index contributed by atoms with van der Waals surface area (Å²) in [5.41, 5.74) is 1.44. The molecule has 1 atom stereocenters. The van der Waals surface area contributed by atoms with Crippen LogP contribution >= 0.6 is 0 Å². The van der Waals surface area contributed by atoms with Gasteiger partial charge in [-0.15, -0.1) is 0 Å². The highest BCUT2D eigenvalue weighted by atomic mass is 16.6. The molecule has 2 rings (SSSR count). The SMILES string of the molecule is CCC1(CNC(C)c2ccccc2[N+](=O)[O-])CC1. The highest BCUT2D eigenvalue weighted by Crippen LogP contribution is 2.48. The second-order valence-corrected chi connectivity index (χ2v) is 5.27. The minimum Gasteiger partial charge on any atom is -0.309 e. The van der Waals surface area contributed by atoms with E-state index in [9.17, 15) is 10.1 Å². The van der Waals surface area contributed by atoms with E-state index in [0.717, 1.165) is 12.1 Å². The molecule has 4 nitrogen and oxygen atoms in total. The highest BCUT2D eigenvalue weighted by Gasteiger charge is 2.40. The van der Waals surface area contributed by atoms with E-state index in [2.05, 4.69) is 12.2 Å². The lowest BCUT2D eigenvalue weighted by molar-refractivity contribution is -0.385. The number of para-hydroxylation sites is 1. The molecule has 1 unspecified atom stereocenters. The summed E-state index contributed by atoms with van der Waals surface area (Å²) >= 11 is 0. The predicted octanol–water partition coefficient (Wildman–Crippen LogP) is 3.44. The average molecular weight is 248 g/mol. The van der Waals surface area contributed by atoms with E-state index in [-0.39, 0.29) is 16.7 Å². The Labute approximate surface area is 108 Å². The van der Waals surface area contributed by atoms with Gasteiger partial charge < -0.3 is 5.32 Å². The summed E-state index contributed by atoms with van der Waals surface area (Å²) in [6, 6.07) is 6.99. The predicted molar refractivity (Wildman–Crippen MR) is 71.5 cm³/mol. The van der Waals surface area contributed by atoms with Crippen molar-refractivity contribution < 1.29 is 4.92 Å². The number of benzene rings is 1. The Morgan fingerprint density at radius 1 is 1.44 bits per heavy atom. The number of nitrogens with one attached hydrogen (secondary N) is 1. The zero-order chi connectivity index (χ0) is 13.2. The van der Waals surface area contributed by atoms with Gasteiger partial charge in [0.2, 0.25) is 0 Å². The van der Waals surface area contributed by atoms with Gasteiger partial charge in [-0.25, -0.2) is 0 Å². The summed E-state index contributed by atoms with van der Waals surface area (Å²) < 4.78 is 0. The van der Waals surface area contributed by atoms with Crippen molar-refractivity contribution >= 4 is 5.69 Å². The Balaban J connectivity index is 2.04. The summed E-state index contributed by atoms with van der Waals surface area (Å²) in [5, 5.41) is 14.4. The standard InChI is InChI=1S/C14H20N2O2/c1-3-14(8-9-14)10-15-11(2)12-6-4-5-7-13(12)16(17)18/h4-7,11,15H,3,8-10H2,1-2H3. The van der Waals surface area contributed by atoms with Gasteiger partial charge in [-0.1, -0.05) is 25.1 Å². The maximum absolute atomic E-state index is 11.0. The van der Waals surface area contributed by atoms with Crippen molar-refractivity contribution in [3.05, 3.63) is 39.9 Å². The molecular weight excluding hydrogens is 228 g/mol. The van der Waals surface area contributed by atoms with Gasteiger partial charge in [-0.05, 0) is 31.6 Å². The molecule has 18 heavy (non-hydrogen) atoms. The molecule has 0 saturated heterocycles. The van der Waals surface area contributed by atoms with Crippen LogP contribution in [0.4, 0.5) is 5.69 Å². The van der Waals surface area contributed by atoms with Gasteiger partial charge in [0.15, 0.2) is 0 Å². The van der Waals surface area contributed by atoms with Crippen LogP contribution in [0, 0.1) is 15.5 Å². The molecule has 1 aliphatic carbocycles. The number of hydrogen-bond donors (Lipinski definition) is 1. The van der Waals surface area contributed by atoms with E-state index in [1.807, 2.05) is 19.1 Å². The Morgan fingerprint density at radius 2 is 2.11 bits per heavy atom. The molecule has 98 valence electrons. The molecule has 1 saturated carbocycles. The lowest BCUT2D eigenvalue weighted by Crippen LogP contribution is -2.26.